The molecule has 3 aliphatic rings. The van der Waals surface area contributed by atoms with E-state index in [9.17, 15) is 19.8 Å². The molecule has 0 aliphatic carbocycles. The van der Waals surface area contributed by atoms with Gasteiger partial charge in [-0.15, -0.1) is 0 Å². The molecule has 0 amide bonds. The average molecular weight is 378 g/mol. The van der Waals surface area contributed by atoms with E-state index < -0.39 is 28.7 Å². The first kappa shape index (κ1) is 19.6. The van der Waals surface area contributed by atoms with Crippen molar-refractivity contribution in [1.82, 2.24) is 0 Å². The molecule has 0 aromatic heterocycles. The molecule has 0 radical (unpaired) electrons. The molecular formula is C20H26O7. The summed E-state index contributed by atoms with van der Waals surface area (Å²) in [4.78, 5) is 24.6. The highest BCUT2D eigenvalue weighted by atomic mass is 16.6. The Hall–Kier alpha value is -2.12. The maximum absolute atomic E-state index is 12.7. The minimum absolute atomic E-state index is 0.164. The topological polar surface area (TPSA) is 102 Å². The molecule has 27 heavy (non-hydrogen) atoms. The molecule has 1 fully saturated rings. The first-order chi connectivity index (χ1) is 12.5. The number of aliphatic hydroxyl groups is 2. The molecule has 3 heterocycles. The van der Waals surface area contributed by atoms with Gasteiger partial charge in [-0.1, -0.05) is 5.57 Å². The van der Waals surface area contributed by atoms with Crippen molar-refractivity contribution in [2.75, 3.05) is 6.61 Å². The minimum atomic E-state index is -1.44. The molecule has 3 aliphatic heterocycles. The van der Waals surface area contributed by atoms with Crippen LogP contribution in [0.1, 0.15) is 53.4 Å². The smallest absolute Gasteiger partial charge is 0.330 e. The van der Waals surface area contributed by atoms with Crippen LogP contribution in [0.15, 0.2) is 34.8 Å². The fourth-order valence-electron chi connectivity index (χ4n) is 3.88. The SMILES string of the molecule is CC(C)=CC(=O)OCC1(C)C(=O)OC2=C1C(C)(O)CCC1(O)CC/C(=C\2)O1. The van der Waals surface area contributed by atoms with Crippen molar-refractivity contribution in [1.29, 1.82) is 0 Å². The molecule has 3 rings (SSSR count). The van der Waals surface area contributed by atoms with Gasteiger partial charge in [0.25, 0.3) is 0 Å². The van der Waals surface area contributed by atoms with Crippen molar-refractivity contribution < 1.29 is 34.0 Å². The molecule has 1 saturated heterocycles. The molecule has 2 N–H and O–H groups in total. The van der Waals surface area contributed by atoms with Crippen LogP contribution in [-0.2, 0) is 23.8 Å². The van der Waals surface area contributed by atoms with Crippen molar-refractivity contribution >= 4 is 11.9 Å². The molecule has 3 unspecified atom stereocenters. The largest absolute Gasteiger partial charge is 0.467 e. The normalized spacial score (nSPS) is 37.1. The van der Waals surface area contributed by atoms with Crippen molar-refractivity contribution in [3.63, 3.8) is 0 Å². The summed E-state index contributed by atoms with van der Waals surface area (Å²) < 4.78 is 16.3. The molecular weight excluding hydrogens is 352 g/mol. The summed E-state index contributed by atoms with van der Waals surface area (Å²) in [7, 11) is 0. The molecule has 148 valence electrons. The Labute approximate surface area is 158 Å². The summed E-state index contributed by atoms with van der Waals surface area (Å²) in [5.74, 6) is -1.78. The predicted molar refractivity (Wildman–Crippen MR) is 94.8 cm³/mol. The Morgan fingerprint density at radius 2 is 1.96 bits per heavy atom. The first-order valence-corrected chi connectivity index (χ1v) is 9.09. The second-order valence-electron chi connectivity index (χ2n) is 8.22. The van der Waals surface area contributed by atoms with Gasteiger partial charge in [-0.3, -0.25) is 4.79 Å². The van der Waals surface area contributed by atoms with Crippen molar-refractivity contribution in [2.24, 2.45) is 5.41 Å². The van der Waals surface area contributed by atoms with Gasteiger partial charge in [0, 0.05) is 37.0 Å². The van der Waals surface area contributed by atoms with Gasteiger partial charge in [-0.05, 0) is 34.1 Å². The van der Waals surface area contributed by atoms with E-state index in [1.54, 1.807) is 33.8 Å². The molecule has 3 atom stereocenters. The number of esters is 2. The summed E-state index contributed by atoms with van der Waals surface area (Å²) in [6.07, 6.45) is 4.19. The zero-order chi connectivity index (χ0) is 20.0. The fraction of sp³-hybridized carbons (Fsp3) is 0.600. The van der Waals surface area contributed by atoms with E-state index in [4.69, 9.17) is 14.2 Å². The third kappa shape index (κ3) is 3.66. The Balaban J connectivity index is 1.98. The number of carbonyl (C=O) groups excluding carboxylic acids is 2. The Morgan fingerprint density at radius 3 is 2.63 bits per heavy atom. The van der Waals surface area contributed by atoms with Crippen LogP contribution in [0.3, 0.4) is 0 Å². The van der Waals surface area contributed by atoms with Gasteiger partial charge in [0.05, 0.1) is 5.60 Å². The standard InChI is InChI=1S/C20H26O7/c1-12(2)9-15(21)25-11-18(3)16-14(26-17(18)22)10-13-5-6-20(24,27-13)8-7-19(16,4)23/h9-10,23-24H,5-8,11H2,1-4H3/b13-10+. The second kappa shape index (κ2) is 6.49. The third-order valence-corrected chi connectivity index (χ3v) is 5.28. The molecule has 0 aromatic rings. The summed E-state index contributed by atoms with van der Waals surface area (Å²) in [6.45, 7) is 6.44. The lowest BCUT2D eigenvalue weighted by Gasteiger charge is -2.34. The van der Waals surface area contributed by atoms with Gasteiger partial charge in [-0.25, -0.2) is 4.79 Å². The zero-order valence-corrected chi connectivity index (χ0v) is 16.1. The molecule has 0 aromatic carbocycles. The van der Waals surface area contributed by atoms with Gasteiger partial charge in [0.15, 0.2) is 0 Å². The van der Waals surface area contributed by atoms with E-state index in [1.165, 1.54) is 6.08 Å². The van der Waals surface area contributed by atoms with Crippen LogP contribution in [-0.4, -0.2) is 40.1 Å². The second-order valence-corrected chi connectivity index (χ2v) is 8.22. The van der Waals surface area contributed by atoms with Gasteiger partial charge >= 0.3 is 11.9 Å². The molecule has 0 spiro atoms. The Bertz CT molecular complexity index is 769. The van der Waals surface area contributed by atoms with Crippen molar-refractivity contribution in [3.8, 4) is 0 Å². The van der Waals surface area contributed by atoms with Crippen LogP contribution in [0, 0.1) is 5.41 Å². The molecule has 0 saturated carbocycles. The fourth-order valence-corrected chi connectivity index (χ4v) is 3.88. The summed E-state index contributed by atoms with van der Waals surface area (Å²) in [5.41, 5.74) is -1.65. The van der Waals surface area contributed by atoms with Crippen LogP contribution in [0.5, 0.6) is 0 Å². The van der Waals surface area contributed by atoms with Gasteiger partial charge in [0.1, 0.15) is 23.5 Å². The number of rotatable bonds is 3. The highest BCUT2D eigenvalue weighted by molar-refractivity contribution is 5.87. The van der Waals surface area contributed by atoms with E-state index in [1.807, 2.05) is 0 Å². The predicted octanol–water partition coefficient (Wildman–Crippen LogP) is 2.24. The van der Waals surface area contributed by atoms with E-state index in [0.29, 0.717) is 24.2 Å². The molecule has 7 nitrogen and oxygen atoms in total. The monoisotopic (exact) mass is 378 g/mol. The number of hydrogen-bond donors (Lipinski definition) is 2. The van der Waals surface area contributed by atoms with E-state index in [0.717, 1.165) is 5.57 Å². The number of carbonyl (C=O) groups is 2. The highest BCUT2D eigenvalue weighted by Gasteiger charge is 2.55. The number of hydrogen-bond acceptors (Lipinski definition) is 7. The zero-order valence-electron chi connectivity index (χ0n) is 16.1. The Morgan fingerprint density at radius 1 is 1.26 bits per heavy atom. The van der Waals surface area contributed by atoms with E-state index >= 15 is 0 Å². The lowest BCUT2D eigenvalue weighted by molar-refractivity contribution is -0.165. The van der Waals surface area contributed by atoms with E-state index in [2.05, 4.69) is 0 Å². The first-order valence-electron chi connectivity index (χ1n) is 9.09. The van der Waals surface area contributed by atoms with Crippen LogP contribution in [0.2, 0.25) is 0 Å². The van der Waals surface area contributed by atoms with Crippen molar-refractivity contribution in [3.05, 3.63) is 34.8 Å². The highest BCUT2D eigenvalue weighted by Crippen LogP contribution is 2.49. The summed E-state index contributed by atoms with van der Waals surface area (Å²) >= 11 is 0. The number of fused-ring (bicyclic) bond motifs is 2. The van der Waals surface area contributed by atoms with Crippen LogP contribution >= 0.6 is 0 Å². The van der Waals surface area contributed by atoms with Crippen LogP contribution in [0.4, 0.5) is 0 Å². The summed E-state index contributed by atoms with van der Waals surface area (Å²) in [5, 5.41) is 21.7. The van der Waals surface area contributed by atoms with Gasteiger partial charge in [0.2, 0.25) is 5.79 Å². The van der Waals surface area contributed by atoms with Gasteiger partial charge in [-0.2, -0.15) is 0 Å². The number of allylic oxidation sites excluding steroid dienone is 3. The maximum atomic E-state index is 12.7. The van der Waals surface area contributed by atoms with Crippen LogP contribution < -0.4 is 0 Å². The number of ether oxygens (including phenoxy) is 3. The summed E-state index contributed by atoms with van der Waals surface area (Å²) in [6, 6.07) is 0. The quantitative estimate of drug-likeness (QED) is 0.573. The minimum Gasteiger partial charge on any atom is -0.467 e. The lowest BCUT2D eigenvalue weighted by Crippen LogP contribution is -2.43. The van der Waals surface area contributed by atoms with Crippen molar-refractivity contribution in [2.45, 2.75) is 64.8 Å². The lowest BCUT2D eigenvalue weighted by atomic mass is 9.72. The van der Waals surface area contributed by atoms with E-state index in [-0.39, 0.29) is 25.2 Å². The Kier molecular flexibility index (Phi) is 4.72. The third-order valence-electron chi connectivity index (χ3n) is 5.28. The van der Waals surface area contributed by atoms with Gasteiger partial charge < -0.3 is 24.4 Å². The molecule has 7 heteroatoms. The maximum Gasteiger partial charge on any atom is 0.330 e. The average Bonchev–Trinajstić information content (AvgIpc) is 3.03. The molecule has 2 bridgehead atoms. The van der Waals surface area contributed by atoms with Crippen LogP contribution in [0.25, 0.3) is 0 Å².